The van der Waals surface area contributed by atoms with Gasteiger partial charge in [-0.05, 0) is 67.1 Å². The molecule has 0 aliphatic heterocycles. The van der Waals surface area contributed by atoms with E-state index < -0.39 is 7.60 Å². The Labute approximate surface area is 138 Å². The number of hydrogen-bond acceptors (Lipinski definition) is 2. The standard InChI is InChI=1S/C19H23O3P/c1-13-6-7-17(12-19(13)22-23(5,20)21)8-9-18-10-14(2)16(4)15(3)11-18/h6-12H,1-5H3,(H,20,21)/b9-8-. The molecular formula is C19H23O3P. The molecule has 23 heavy (non-hydrogen) atoms. The summed E-state index contributed by atoms with van der Waals surface area (Å²) in [4.78, 5) is 9.40. The second-order valence-electron chi connectivity index (χ2n) is 6.03. The topological polar surface area (TPSA) is 46.5 Å². The molecule has 0 aromatic heterocycles. The van der Waals surface area contributed by atoms with Crippen LogP contribution in [0.4, 0.5) is 0 Å². The van der Waals surface area contributed by atoms with Crippen LogP contribution in [0.5, 0.6) is 5.75 Å². The Morgan fingerprint density at radius 2 is 1.48 bits per heavy atom. The summed E-state index contributed by atoms with van der Waals surface area (Å²) in [5, 5.41) is 0. The predicted octanol–water partition coefficient (Wildman–Crippen LogP) is 5.28. The summed E-state index contributed by atoms with van der Waals surface area (Å²) in [6.07, 6.45) is 4.02. The van der Waals surface area contributed by atoms with E-state index in [2.05, 4.69) is 32.9 Å². The Morgan fingerprint density at radius 3 is 2.04 bits per heavy atom. The number of hydrogen-bond donors (Lipinski definition) is 1. The summed E-state index contributed by atoms with van der Waals surface area (Å²) in [5.41, 5.74) is 6.75. The van der Waals surface area contributed by atoms with Crippen LogP contribution in [-0.4, -0.2) is 11.6 Å². The van der Waals surface area contributed by atoms with Gasteiger partial charge in [0.05, 0.1) is 0 Å². The molecule has 1 unspecified atom stereocenters. The molecule has 3 nitrogen and oxygen atoms in total. The molecule has 2 rings (SSSR count). The van der Waals surface area contributed by atoms with Gasteiger partial charge in [0.25, 0.3) is 0 Å². The van der Waals surface area contributed by atoms with Gasteiger partial charge in [-0.15, -0.1) is 0 Å². The van der Waals surface area contributed by atoms with Gasteiger partial charge in [-0.3, -0.25) is 0 Å². The van der Waals surface area contributed by atoms with Gasteiger partial charge in [0.15, 0.2) is 0 Å². The van der Waals surface area contributed by atoms with Gasteiger partial charge in [-0.25, -0.2) is 4.57 Å². The number of benzene rings is 2. The van der Waals surface area contributed by atoms with E-state index in [0.717, 1.165) is 16.7 Å². The van der Waals surface area contributed by atoms with Crippen LogP contribution in [0.2, 0.25) is 0 Å². The van der Waals surface area contributed by atoms with Gasteiger partial charge in [0.2, 0.25) is 0 Å². The fourth-order valence-electron chi connectivity index (χ4n) is 2.36. The molecule has 0 fully saturated rings. The van der Waals surface area contributed by atoms with E-state index >= 15 is 0 Å². The summed E-state index contributed by atoms with van der Waals surface area (Å²) in [6, 6.07) is 9.93. The Morgan fingerprint density at radius 1 is 0.913 bits per heavy atom. The maximum absolute atomic E-state index is 11.4. The lowest BCUT2D eigenvalue weighted by Crippen LogP contribution is -1.92. The van der Waals surface area contributed by atoms with Crippen LogP contribution in [0, 0.1) is 27.7 Å². The van der Waals surface area contributed by atoms with Crippen LogP contribution < -0.4 is 4.52 Å². The summed E-state index contributed by atoms with van der Waals surface area (Å²) >= 11 is 0. The van der Waals surface area contributed by atoms with Crippen molar-refractivity contribution in [2.75, 3.05) is 6.66 Å². The number of rotatable bonds is 4. The maximum atomic E-state index is 11.4. The quantitative estimate of drug-likeness (QED) is 0.612. The highest BCUT2D eigenvalue weighted by Gasteiger charge is 2.13. The first-order chi connectivity index (χ1) is 10.7. The highest BCUT2D eigenvalue weighted by Crippen LogP contribution is 2.39. The lowest BCUT2D eigenvalue weighted by molar-refractivity contribution is 0.386. The Kier molecular flexibility index (Phi) is 5.13. The molecule has 0 bridgehead atoms. The Balaban J connectivity index is 2.30. The monoisotopic (exact) mass is 330 g/mol. The van der Waals surface area contributed by atoms with Gasteiger partial charge < -0.3 is 9.42 Å². The van der Waals surface area contributed by atoms with E-state index in [-0.39, 0.29) is 0 Å². The van der Waals surface area contributed by atoms with Gasteiger partial charge in [-0.2, -0.15) is 0 Å². The van der Waals surface area contributed by atoms with Crippen LogP contribution in [0.25, 0.3) is 12.2 Å². The third-order valence-corrected chi connectivity index (χ3v) is 4.43. The zero-order valence-electron chi connectivity index (χ0n) is 14.3. The average molecular weight is 330 g/mol. The normalized spacial score (nSPS) is 14.0. The van der Waals surface area contributed by atoms with Crippen LogP contribution in [-0.2, 0) is 4.57 Å². The largest absolute Gasteiger partial charge is 0.424 e. The predicted molar refractivity (Wildman–Crippen MR) is 97.1 cm³/mol. The third kappa shape index (κ3) is 4.82. The summed E-state index contributed by atoms with van der Waals surface area (Å²) in [6.45, 7) is 9.38. The molecular weight excluding hydrogens is 307 g/mol. The molecule has 1 N–H and O–H groups in total. The van der Waals surface area contributed by atoms with Crippen molar-refractivity contribution in [3.8, 4) is 5.75 Å². The highest BCUT2D eigenvalue weighted by atomic mass is 31.2. The molecule has 0 aliphatic carbocycles. The van der Waals surface area contributed by atoms with Crippen molar-refractivity contribution >= 4 is 19.7 Å². The first kappa shape index (κ1) is 17.5. The first-order valence-electron chi connectivity index (χ1n) is 7.52. The van der Waals surface area contributed by atoms with Gasteiger partial charge in [-0.1, -0.05) is 36.4 Å². The van der Waals surface area contributed by atoms with Crippen LogP contribution >= 0.6 is 7.60 Å². The minimum Gasteiger partial charge on any atom is -0.424 e. The highest BCUT2D eigenvalue weighted by molar-refractivity contribution is 7.52. The second-order valence-corrected chi connectivity index (χ2v) is 7.82. The molecule has 0 saturated heterocycles. The van der Waals surface area contributed by atoms with Crippen molar-refractivity contribution in [2.24, 2.45) is 0 Å². The molecule has 0 spiro atoms. The minimum absolute atomic E-state index is 0.441. The Hall–Kier alpha value is -1.83. The maximum Gasteiger partial charge on any atom is 0.373 e. The zero-order chi connectivity index (χ0) is 17.2. The molecule has 0 amide bonds. The van der Waals surface area contributed by atoms with Crippen molar-refractivity contribution in [1.29, 1.82) is 0 Å². The lowest BCUT2D eigenvalue weighted by atomic mass is 10.00. The third-order valence-electron chi connectivity index (χ3n) is 3.90. The lowest BCUT2D eigenvalue weighted by Gasteiger charge is -2.11. The van der Waals surface area contributed by atoms with Gasteiger partial charge in [0.1, 0.15) is 5.75 Å². The van der Waals surface area contributed by atoms with E-state index in [1.807, 2.05) is 31.2 Å². The van der Waals surface area contributed by atoms with E-state index in [1.165, 1.54) is 23.4 Å². The van der Waals surface area contributed by atoms with Crippen molar-refractivity contribution in [2.45, 2.75) is 27.7 Å². The molecule has 0 saturated carbocycles. The first-order valence-corrected chi connectivity index (χ1v) is 9.54. The summed E-state index contributed by atoms with van der Waals surface area (Å²) < 4.78 is 16.6. The SMILES string of the molecule is Cc1ccc(/C=C\c2cc(C)c(C)c(C)c2)cc1OP(C)(=O)O. The second kappa shape index (κ2) is 6.74. The van der Waals surface area contributed by atoms with Gasteiger partial charge in [0, 0.05) is 6.66 Å². The van der Waals surface area contributed by atoms with E-state index in [0.29, 0.717) is 5.75 Å². The molecule has 0 heterocycles. The molecule has 1 atom stereocenters. The van der Waals surface area contributed by atoms with Crippen molar-refractivity contribution in [3.63, 3.8) is 0 Å². The average Bonchev–Trinajstić information content (AvgIpc) is 2.44. The molecule has 0 aliphatic rings. The molecule has 4 heteroatoms. The van der Waals surface area contributed by atoms with E-state index in [4.69, 9.17) is 4.52 Å². The van der Waals surface area contributed by atoms with E-state index in [9.17, 15) is 9.46 Å². The van der Waals surface area contributed by atoms with Crippen LogP contribution in [0.3, 0.4) is 0 Å². The summed E-state index contributed by atoms with van der Waals surface area (Å²) in [5.74, 6) is 0.441. The van der Waals surface area contributed by atoms with Gasteiger partial charge >= 0.3 is 7.60 Å². The molecule has 0 radical (unpaired) electrons. The van der Waals surface area contributed by atoms with Crippen LogP contribution in [0.15, 0.2) is 30.3 Å². The molecule has 122 valence electrons. The Bertz CT molecular complexity index is 777. The number of aryl methyl sites for hydroxylation is 3. The van der Waals surface area contributed by atoms with Crippen molar-refractivity contribution < 1.29 is 14.0 Å². The minimum atomic E-state index is -3.55. The fourth-order valence-corrected chi connectivity index (χ4v) is 2.92. The fraction of sp³-hybridized carbons (Fsp3) is 0.263. The van der Waals surface area contributed by atoms with E-state index in [1.54, 1.807) is 6.07 Å². The van der Waals surface area contributed by atoms with Crippen molar-refractivity contribution in [1.82, 2.24) is 0 Å². The summed E-state index contributed by atoms with van der Waals surface area (Å²) in [7, 11) is -3.55. The molecule has 2 aromatic rings. The molecule has 2 aromatic carbocycles. The van der Waals surface area contributed by atoms with Crippen LogP contribution in [0.1, 0.15) is 33.4 Å². The van der Waals surface area contributed by atoms with Crippen molar-refractivity contribution in [3.05, 3.63) is 63.7 Å². The zero-order valence-corrected chi connectivity index (χ0v) is 15.1. The smallest absolute Gasteiger partial charge is 0.373 e.